The Morgan fingerprint density at radius 1 is 1.12 bits per heavy atom. The van der Waals surface area contributed by atoms with Crippen molar-refractivity contribution in [1.29, 1.82) is 0 Å². The van der Waals surface area contributed by atoms with Gasteiger partial charge in [-0.05, 0) is 38.5 Å². The molecule has 2 aliphatic carbocycles. The first-order chi connectivity index (χ1) is 8.29. The Labute approximate surface area is 105 Å². The van der Waals surface area contributed by atoms with E-state index in [0.29, 0.717) is 23.7 Å². The SMILES string of the molecule is CCOC1CC(CC(=O)C2CCCCCC2)C1. The zero-order valence-corrected chi connectivity index (χ0v) is 11.1. The summed E-state index contributed by atoms with van der Waals surface area (Å²) in [5.41, 5.74) is 0. The molecule has 17 heavy (non-hydrogen) atoms. The van der Waals surface area contributed by atoms with Crippen LogP contribution in [0.25, 0.3) is 0 Å². The highest BCUT2D eigenvalue weighted by molar-refractivity contribution is 5.81. The molecule has 0 N–H and O–H groups in total. The van der Waals surface area contributed by atoms with Gasteiger partial charge in [-0.2, -0.15) is 0 Å². The van der Waals surface area contributed by atoms with Gasteiger partial charge in [-0.1, -0.05) is 25.7 Å². The smallest absolute Gasteiger partial charge is 0.136 e. The molecule has 0 amide bonds. The maximum atomic E-state index is 12.2. The van der Waals surface area contributed by atoms with Crippen molar-refractivity contribution in [3.63, 3.8) is 0 Å². The average Bonchev–Trinajstić information content (AvgIpc) is 2.54. The third-order valence-corrected chi connectivity index (χ3v) is 4.40. The topological polar surface area (TPSA) is 26.3 Å². The molecule has 0 bridgehead atoms. The second kappa shape index (κ2) is 6.53. The Hall–Kier alpha value is -0.370. The van der Waals surface area contributed by atoms with E-state index in [4.69, 9.17) is 4.74 Å². The van der Waals surface area contributed by atoms with Gasteiger partial charge in [0.2, 0.25) is 0 Å². The minimum absolute atomic E-state index is 0.392. The predicted molar refractivity (Wildman–Crippen MR) is 69.0 cm³/mol. The average molecular weight is 238 g/mol. The van der Waals surface area contributed by atoms with Crippen molar-refractivity contribution in [2.24, 2.45) is 11.8 Å². The summed E-state index contributed by atoms with van der Waals surface area (Å²) in [5, 5.41) is 0. The molecular weight excluding hydrogens is 212 g/mol. The quantitative estimate of drug-likeness (QED) is 0.682. The molecule has 0 radical (unpaired) electrons. The second-order valence-electron chi connectivity index (χ2n) is 5.77. The molecule has 2 nitrogen and oxygen atoms in total. The number of hydrogen-bond acceptors (Lipinski definition) is 2. The van der Waals surface area contributed by atoms with Crippen LogP contribution < -0.4 is 0 Å². The fourth-order valence-electron chi connectivity index (χ4n) is 3.27. The van der Waals surface area contributed by atoms with Crippen LogP contribution in [0, 0.1) is 11.8 Å². The molecule has 0 aliphatic heterocycles. The Morgan fingerprint density at radius 2 is 1.76 bits per heavy atom. The number of carbonyl (C=O) groups excluding carboxylic acids is 1. The van der Waals surface area contributed by atoms with Gasteiger partial charge >= 0.3 is 0 Å². The summed E-state index contributed by atoms with van der Waals surface area (Å²) in [5.74, 6) is 1.57. The van der Waals surface area contributed by atoms with E-state index in [1.807, 2.05) is 6.92 Å². The second-order valence-corrected chi connectivity index (χ2v) is 5.77. The highest BCUT2D eigenvalue weighted by atomic mass is 16.5. The van der Waals surface area contributed by atoms with Gasteiger partial charge in [-0.15, -0.1) is 0 Å². The lowest BCUT2D eigenvalue weighted by Crippen LogP contribution is -2.33. The Balaban J connectivity index is 1.67. The summed E-state index contributed by atoms with van der Waals surface area (Å²) in [4.78, 5) is 12.2. The summed E-state index contributed by atoms with van der Waals surface area (Å²) < 4.78 is 5.54. The zero-order chi connectivity index (χ0) is 12.1. The van der Waals surface area contributed by atoms with Crippen LogP contribution in [0.15, 0.2) is 0 Å². The Bertz CT molecular complexity index is 235. The fraction of sp³-hybridized carbons (Fsp3) is 0.933. The lowest BCUT2D eigenvalue weighted by Gasteiger charge is -2.35. The lowest BCUT2D eigenvalue weighted by atomic mass is 9.76. The zero-order valence-electron chi connectivity index (χ0n) is 11.1. The Kier molecular flexibility index (Phi) is 5.02. The van der Waals surface area contributed by atoms with Crippen LogP contribution >= 0.6 is 0 Å². The molecule has 0 aromatic heterocycles. The van der Waals surface area contributed by atoms with Crippen LogP contribution in [0.2, 0.25) is 0 Å². The van der Waals surface area contributed by atoms with E-state index in [1.165, 1.54) is 25.7 Å². The molecule has 0 spiro atoms. The van der Waals surface area contributed by atoms with Crippen molar-refractivity contribution in [3.05, 3.63) is 0 Å². The molecule has 0 aromatic rings. The molecule has 0 saturated heterocycles. The van der Waals surface area contributed by atoms with E-state index in [1.54, 1.807) is 0 Å². The first-order valence-corrected chi connectivity index (χ1v) is 7.44. The number of carbonyl (C=O) groups is 1. The molecular formula is C15H26O2. The molecule has 0 unspecified atom stereocenters. The van der Waals surface area contributed by atoms with Crippen molar-refractivity contribution < 1.29 is 9.53 Å². The number of rotatable bonds is 5. The number of Topliss-reactive ketones (excluding diaryl/α,β-unsaturated/α-hetero) is 1. The monoisotopic (exact) mass is 238 g/mol. The van der Waals surface area contributed by atoms with E-state index >= 15 is 0 Å². The van der Waals surface area contributed by atoms with Gasteiger partial charge in [0.05, 0.1) is 6.10 Å². The molecule has 0 heterocycles. The Morgan fingerprint density at radius 3 is 2.35 bits per heavy atom. The van der Waals surface area contributed by atoms with Gasteiger partial charge in [0.15, 0.2) is 0 Å². The van der Waals surface area contributed by atoms with Crippen LogP contribution in [0.5, 0.6) is 0 Å². The molecule has 2 heteroatoms. The minimum atomic E-state index is 0.392. The first-order valence-electron chi connectivity index (χ1n) is 7.44. The summed E-state index contributed by atoms with van der Waals surface area (Å²) in [6.45, 7) is 2.86. The molecule has 2 rings (SSSR count). The number of hydrogen-bond donors (Lipinski definition) is 0. The normalized spacial score (nSPS) is 30.6. The van der Waals surface area contributed by atoms with E-state index < -0.39 is 0 Å². The number of ketones is 1. The van der Waals surface area contributed by atoms with E-state index in [0.717, 1.165) is 38.7 Å². The predicted octanol–water partition coefficient (Wildman–Crippen LogP) is 3.73. The van der Waals surface area contributed by atoms with Crippen molar-refractivity contribution in [2.45, 2.75) is 70.8 Å². The van der Waals surface area contributed by atoms with Gasteiger partial charge in [0.25, 0.3) is 0 Å². The van der Waals surface area contributed by atoms with Crippen LogP contribution in [-0.2, 0) is 9.53 Å². The molecule has 2 saturated carbocycles. The van der Waals surface area contributed by atoms with Gasteiger partial charge in [0.1, 0.15) is 5.78 Å². The molecule has 98 valence electrons. The van der Waals surface area contributed by atoms with E-state index in [2.05, 4.69) is 0 Å². The lowest BCUT2D eigenvalue weighted by molar-refractivity contribution is -0.126. The summed E-state index contributed by atoms with van der Waals surface area (Å²) in [6.07, 6.45) is 11.0. The highest BCUT2D eigenvalue weighted by Gasteiger charge is 2.32. The molecule has 0 aromatic carbocycles. The van der Waals surface area contributed by atoms with E-state index in [9.17, 15) is 4.79 Å². The van der Waals surface area contributed by atoms with Gasteiger partial charge in [-0.25, -0.2) is 0 Å². The summed E-state index contributed by atoms with van der Waals surface area (Å²) >= 11 is 0. The largest absolute Gasteiger partial charge is 0.378 e. The maximum Gasteiger partial charge on any atom is 0.136 e. The summed E-state index contributed by atoms with van der Waals surface area (Å²) in [7, 11) is 0. The third-order valence-electron chi connectivity index (χ3n) is 4.40. The van der Waals surface area contributed by atoms with E-state index in [-0.39, 0.29) is 0 Å². The number of ether oxygens (including phenoxy) is 1. The van der Waals surface area contributed by atoms with Crippen LogP contribution in [-0.4, -0.2) is 18.5 Å². The van der Waals surface area contributed by atoms with Crippen LogP contribution in [0.3, 0.4) is 0 Å². The van der Waals surface area contributed by atoms with Crippen molar-refractivity contribution in [3.8, 4) is 0 Å². The van der Waals surface area contributed by atoms with Crippen molar-refractivity contribution in [1.82, 2.24) is 0 Å². The van der Waals surface area contributed by atoms with Gasteiger partial charge < -0.3 is 4.74 Å². The molecule has 2 fully saturated rings. The van der Waals surface area contributed by atoms with Gasteiger partial charge in [0, 0.05) is 18.9 Å². The minimum Gasteiger partial charge on any atom is -0.378 e. The standard InChI is InChI=1S/C15H26O2/c1-2-17-14-9-12(10-14)11-15(16)13-7-5-3-4-6-8-13/h12-14H,2-11H2,1H3. The molecule has 0 atom stereocenters. The van der Waals surface area contributed by atoms with Crippen molar-refractivity contribution in [2.75, 3.05) is 6.61 Å². The van der Waals surface area contributed by atoms with Gasteiger partial charge in [-0.3, -0.25) is 4.79 Å². The maximum absolute atomic E-state index is 12.2. The van der Waals surface area contributed by atoms with Crippen LogP contribution in [0.4, 0.5) is 0 Å². The molecule has 2 aliphatic rings. The third kappa shape index (κ3) is 3.80. The van der Waals surface area contributed by atoms with Crippen LogP contribution in [0.1, 0.15) is 64.7 Å². The summed E-state index contributed by atoms with van der Waals surface area (Å²) in [6, 6.07) is 0. The first kappa shape index (κ1) is 13.1. The van der Waals surface area contributed by atoms with Crippen molar-refractivity contribution >= 4 is 5.78 Å². The highest BCUT2D eigenvalue weighted by Crippen LogP contribution is 2.35. The fourth-order valence-corrected chi connectivity index (χ4v) is 3.27.